The average molecular weight is 398 g/mol. The zero-order valence-electron chi connectivity index (χ0n) is 16.2. The maximum Gasteiger partial charge on any atom is 0.416 e. The summed E-state index contributed by atoms with van der Waals surface area (Å²) < 4.78 is 10.8. The zero-order chi connectivity index (χ0) is 20.1. The Labute approximate surface area is 168 Å². The number of nitrogens with zero attached hydrogens (tertiary/aromatic N) is 4. The van der Waals surface area contributed by atoms with Gasteiger partial charge in [0.2, 0.25) is 0 Å². The summed E-state index contributed by atoms with van der Waals surface area (Å²) in [4.78, 5) is 28.0. The average Bonchev–Trinajstić information content (AvgIpc) is 3.15. The fraction of sp³-hybridized carbons (Fsp3) is 0.300. The van der Waals surface area contributed by atoms with Gasteiger partial charge in [-0.1, -0.05) is 23.5 Å². The van der Waals surface area contributed by atoms with E-state index in [-0.39, 0.29) is 0 Å². The smallest absolute Gasteiger partial charge is 0.416 e. The predicted octanol–water partition coefficient (Wildman–Crippen LogP) is 4.55. The molecule has 0 atom stereocenters. The molecule has 3 aromatic rings. The van der Waals surface area contributed by atoms with Crippen molar-refractivity contribution in [3.8, 4) is 16.3 Å². The SMILES string of the molecule is COc1ccc(CN(C(=O)OC(C)(C)C)c2ncc(-c3cnccn3)s2)cc1. The number of hydrogen-bond donors (Lipinski definition) is 0. The lowest BCUT2D eigenvalue weighted by Gasteiger charge is -2.26. The van der Waals surface area contributed by atoms with Crippen LogP contribution in [-0.4, -0.2) is 33.8 Å². The van der Waals surface area contributed by atoms with Gasteiger partial charge in [0.1, 0.15) is 17.0 Å². The predicted molar refractivity (Wildman–Crippen MR) is 109 cm³/mol. The van der Waals surface area contributed by atoms with Crippen molar-refractivity contribution in [3.63, 3.8) is 0 Å². The Bertz CT molecular complexity index is 921. The summed E-state index contributed by atoms with van der Waals surface area (Å²) in [5.41, 5.74) is 1.03. The van der Waals surface area contributed by atoms with Gasteiger partial charge in [0.15, 0.2) is 5.13 Å². The van der Waals surface area contributed by atoms with Crippen molar-refractivity contribution in [1.29, 1.82) is 0 Å². The van der Waals surface area contributed by atoms with Crippen LogP contribution in [-0.2, 0) is 11.3 Å². The van der Waals surface area contributed by atoms with Crippen molar-refractivity contribution in [3.05, 3.63) is 54.6 Å². The van der Waals surface area contributed by atoms with Crippen LogP contribution < -0.4 is 9.64 Å². The summed E-state index contributed by atoms with van der Waals surface area (Å²) in [6.45, 7) is 5.84. The normalized spacial score (nSPS) is 11.1. The van der Waals surface area contributed by atoms with E-state index in [2.05, 4.69) is 15.0 Å². The molecule has 0 saturated heterocycles. The van der Waals surface area contributed by atoms with Crippen molar-refractivity contribution < 1.29 is 14.3 Å². The highest BCUT2D eigenvalue weighted by Gasteiger charge is 2.26. The van der Waals surface area contributed by atoms with Gasteiger partial charge < -0.3 is 9.47 Å². The van der Waals surface area contributed by atoms with Crippen LogP contribution >= 0.6 is 11.3 Å². The Morgan fingerprint density at radius 3 is 2.46 bits per heavy atom. The number of aromatic nitrogens is 3. The minimum Gasteiger partial charge on any atom is -0.497 e. The van der Waals surface area contributed by atoms with Gasteiger partial charge in [0, 0.05) is 18.6 Å². The third-order valence-electron chi connectivity index (χ3n) is 3.65. The van der Waals surface area contributed by atoms with Crippen LogP contribution in [0, 0.1) is 0 Å². The summed E-state index contributed by atoms with van der Waals surface area (Å²) in [5.74, 6) is 0.756. The number of benzene rings is 1. The van der Waals surface area contributed by atoms with Crippen LogP contribution in [0.2, 0.25) is 0 Å². The number of ether oxygens (including phenoxy) is 2. The van der Waals surface area contributed by atoms with Gasteiger partial charge in [-0.15, -0.1) is 0 Å². The molecule has 0 radical (unpaired) electrons. The topological polar surface area (TPSA) is 77.4 Å². The lowest BCUT2D eigenvalue weighted by molar-refractivity contribution is 0.0577. The first-order valence-corrected chi connectivity index (χ1v) is 9.53. The van der Waals surface area contributed by atoms with Crippen molar-refractivity contribution in [2.45, 2.75) is 32.9 Å². The molecule has 0 bridgehead atoms. The van der Waals surface area contributed by atoms with E-state index in [1.807, 2.05) is 45.0 Å². The number of hydrogen-bond acceptors (Lipinski definition) is 7. The molecule has 1 aromatic carbocycles. The highest BCUT2D eigenvalue weighted by molar-refractivity contribution is 7.19. The molecule has 0 aliphatic rings. The Morgan fingerprint density at radius 2 is 1.86 bits per heavy atom. The molecule has 28 heavy (non-hydrogen) atoms. The van der Waals surface area contributed by atoms with E-state index >= 15 is 0 Å². The molecule has 0 fully saturated rings. The number of thiazole rings is 1. The molecule has 8 heteroatoms. The molecule has 0 aliphatic carbocycles. The van der Waals surface area contributed by atoms with Crippen LogP contribution in [0.25, 0.3) is 10.6 Å². The van der Waals surface area contributed by atoms with E-state index < -0.39 is 11.7 Å². The maximum atomic E-state index is 12.9. The Morgan fingerprint density at radius 1 is 1.11 bits per heavy atom. The summed E-state index contributed by atoms with van der Waals surface area (Å²) in [6.07, 6.45) is 6.14. The van der Waals surface area contributed by atoms with Gasteiger partial charge in [-0.2, -0.15) is 0 Å². The Balaban J connectivity index is 1.89. The van der Waals surface area contributed by atoms with Crippen molar-refractivity contribution in [2.24, 2.45) is 0 Å². The minimum absolute atomic E-state index is 0.326. The fourth-order valence-electron chi connectivity index (χ4n) is 2.38. The molecule has 3 rings (SSSR count). The van der Waals surface area contributed by atoms with E-state index in [4.69, 9.17) is 9.47 Å². The number of rotatable bonds is 5. The molecule has 0 spiro atoms. The summed E-state index contributed by atoms with van der Waals surface area (Å²) in [7, 11) is 1.62. The quantitative estimate of drug-likeness (QED) is 0.627. The number of methoxy groups -OCH3 is 1. The highest BCUT2D eigenvalue weighted by Crippen LogP contribution is 2.31. The molecular formula is C20H22N4O3S. The molecule has 1 amide bonds. The summed E-state index contributed by atoms with van der Waals surface area (Å²) >= 11 is 1.36. The van der Waals surface area contributed by atoms with Crippen LogP contribution in [0.5, 0.6) is 5.75 Å². The first-order valence-electron chi connectivity index (χ1n) is 8.71. The molecule has 0 aliphatic heterocycles. The fourth-order valence-corrected chi connectivity index (χ4v) is 3.24. The molecular weight excluding hydrogens is 376 g/mol. The van der Waals surface area contributed by atoms with Gasteiger partial charge in [0.05, 0.1) is 24.7 Å². The van der Waals surface area contributed by atoms with Gasteiger partial charge in [-0.3, -0.25) is 9.97 Å². The monoisotopic (exact) mass is 398 g/mol. The van der Waals surface area contributed by atoms with Crippen LogP contribution in [0.15, 0.2) is 49.1 Å². The molecule has 2 heterocycles. The lowest BCUT2D eigenvalue weighted by Crippen LogP contribution is -2.36. The second-order valence-electron chi connectivity index (χ2n) is 7.01. The molecule has 7 nitrogen and oxygen atoms in total. The molecule has 146 valence electrons. The number of anilines is 1. The largest absolute Gasteiger partial charge is 0.497 e. The zero-order valence-corrected chi connectivity index (χ0v) is 17.1. The van der Waals surface area contributed by atoms with E-state index in [9.17, 15) is 4.79 Å². The van der Waals surface area contributed by atoms with Crippen LogP contribution in [0.4, 0.5) is 9.93 Å². The van der Waals surface area contributed by atoms with Gasteiger partial charge in [0.25, 0.3) is 0 Å². The first kappa shape index (κ1) is 19.8. The van der Waals surface area contributed by atoms with Crippen molar-refractivity contribution in [1.82, 2.24) is 15.0 Å². The van der Waals surface area contributed by atoms with E-state index in [1.165, 1.54) is 16.2 Å². The molecule has 0 N–H and O–H groups in total. The molecule has 0 saturated carbocycles. The Hall–Kier alpha value is -3.00. The van der Waals surface area contributed by atoms with Gasteiger partial charge in [-0.25, -0.2) is 14.7 Å². The lowest BCUT2D eigenvalue weighted by atomic mass is 10.2. The molecule has 0 unspecified atom stereocenters. The number of carbonyl (C=O) groups excluding carboxylic acids is 1. The van der Waals surface area contributed by atoms with E-state index in [0.717, 1.165) is 16.2 Å². The van der Waals surface area contributed by atoms with Gasteiger partial charge in [-0.05, 0) is 38.5 Å². The third kappa shape index (κ3) is 5.04. The second-order valence-corrected chi connectivity index (χ2v) is 8.02. The van der Waals surface area contributed by atoms with Crippen molar-refractivity contribution >= 4 is 22.6 Å². The van der Waals surface area contributed by atoms with Crippen molar-refractivity contribution in [2.75, 3.05) is 12.0 Å². The van der Waals surface area contributed by atoms with Crippen LogP contribution in [0.3, 0.4) is 0 Å². The molecule has 2 aromatic heterocycles. The first-order chi connectivity index (χ1) is 13.4. The minimum atomic E-state index is -0.611. The maximum absolute atomic E-state index is 12.9. The third-order valence-corrected chi connectivity index (χ3v) is 4.70. The van der Waals surface area contributed by atoms with Gasteiger partial charge >= 0.3 is 6.09 Å². The second kappa shape index (κ2) is 8.35. The number of carbonyl (C=O) groups is 1. The number of amides is 1. The van der Waals surface area contributed by atoms with E-state index in [0.29, 0.717) is 17.4 Å². The summed E-state index contributed by atoms with van der Waals surface area (Å²) in [6, 6.07) is 7.53. The Kier molecular flexibility index (Phi) is 5.89. The van der Waals surface area contributed by atoms with Crippen LogP contribution in [0.1, 0.15) is 26.3 Å². The van der Waals surface area contributed by atoms with E-state index in [1.54, 1.807) is 31.9 Å². The standard InChI is InChI=1S/C20H22N4O3S/c1-20(2,3)27-19(25)24(13-14-5-7-15(26-4)8-6-14)18-23-12-17(28-18)16-11-21-9-10-22-16/h5-12H,13H2,1-4H3. The highest BCUT2D eigenvalue weighted by atomic mass is 32.1. The summed E-state index contributed by atoms with van der Waals surface area (Å²) in [5, 5.41) is 0.533.